The number of hydrogen-bond acceptors (Lipinski definition) is 6. The lowest BCUT2D eigenvalue weighted by molar-refractivity contribution is -0.0476. The minimum atomic E-state index is -0.504. The zero-order chi connectivity index (χ0) is 25.5. The third kappa shape index (κ3) is 4.74. The number of nitrogen functional groups attached to an aromatic ring is 1. The highest BCUT2D eigenvalue weighted by Crippen LogP contribution is 2.60. The van der Waals surface area contributed by atoms with Crippen LogP contribution in [-0.4, -0.2) is 27.5 Å². The average Bonchev–Trinajstić information content (AvgIpc) is 3.10. The van der Waals surface area contributed by atoms with Crippen LogP contribution in [0.5, 0.6) is 11.5 Å². The van der Waals surface area contributed by atoms with Crippen LogP contribution in [0.2, 0.25) is 0 Å². The number of nitrogens with two attached hydrogens (primary N) is 1. The van der Waals surface area contributed by atoms with Crippen molar-refractivity contribution in [1.29, 1.82) is 5.26 Å². The highest BCUT2D eigenvalue weighted by atomic mass is 16.6. The molecule has 2 aromatic carbocycles. The molecule has 0 aliphatic heterocycles. The number of nitrogens with zero attached hydrogens (tertiary/aromatic N) is 3. The lowest BCUT2D eigenvalue weighted by Crippen LogP contribution is -2.57. The molecular formula is C28H31N5O3. The van der Waals surface area contributed by atoms with Crippen LogP contribution in [0.15, 0.2) is 54.6 Å². The quantitative estimate of drug-likeness (QED) is 0.472. The molecular weight excluding hydrogens is 454 g/mol. The Morgan fingerprint density at radius 1 is 1.08 bits per heavy atom. The summed E-state index contributed by atoms with van der Waals surface area (Å²) >= 11 is 0. The molecule has 5 rings (SSSR count). The van der Waals surface area contributed by atoms with Crippen molar-refractivity contribution in [3.05, 3.63) is 60.2 Å². The first-order chi connectivity index (χ1) is 17.1. The van der Waals surface area contributed by atoms with Crippen LogP contribution < -0.4 is 15.8 Å². The van der Waals surface area contributed by atoms with E-state index in [9.17, 15) is 10.1 Å². The number of alkyl carbamates (subject to hydrolysis) is 1. The van der Waals surface area contributed by atoms with Crippen LogP contribution in [0.3, 0.4) is 0 Å². The normalized spacial score (nSPS) is 22.7. The SMILES string of the molecule is CC(C)(C)OC(=O)NC1CC2(C1)CC(n1nc(-c3ccc(Oc4ccccc4)cc3)c(C#N)c1N)C2. The maximum Gasteiger partial charge on any atom is 0.407 e. The number of amides is 1. The van der Waals surface area contributed by atoms with Crippen molar-refractivity contribution in [1.82, 2.24) is 15.1 Å². The topological polar surface area (TPSA) is 115 Å². The summed E-state index contributed by atoms with van der Waals surface area (Å²) in [7, 11) is 0. The van der Waals surface area contributed by atoms with Crippen LogP contribution in [0.25, 0.3) is 11.3 Å². The molecule has 0 unspecified atom stereocenters. The molecule has 0 saturated heterocycles. The fraction of sp³-hybridized carbons (Fsp3) is 0.393. The zero-order valence-electron chi connectivity index (χ0n) is 20.8. The van der Waals surface area contributed by atoms with E-state index >= 15 is 0 Å². The molecule has 1 heterocycles. The van der Waals surface area contributed by atoms with E-state index in [0.717, 1.165) is 37.0 Å². The van der Waals surface area contributed by atoms with E-state index in [1.54, 1.807) is 0 Å². The van der Waals surface area contributed by atoms with Gasteiger partial charge in [0.05, 0.1) is 6.04 Å². The van der Waals surface area contributed by atoms with Crippen molar-refractivity contribution in [2.45, 2.75) is 64.1 Å². The van der Waals surface area contributed by atoms with Crippen LogP contribution in [0.4, 0.5) is 10.6 Å². The number of ether oxygens (including phenoxy) is 2. The third-order valence-electron chi connectivity index (χ3n) is 6.93. The van der Waals surface area contributed by atoms with Gasteiger partial charge in [-0.05, 0) is 88.3 Å². The molecule has 3 N–H and O–H groups in total. The second-order valence-corrected chi connectivity index (χ2v) is 10.9. The minimum Gasteiger partial charge on any atom is -0.457 e. The molecule has 0 bridgehead atoms. The van der Waals surface area contributed by atoms with E-state index in [1.165, 1.54) is 0 Å². The molecule has 3 aromatic rings. The number of benzene rings is 2. The number of hydrogen-bond donors (Lipinski definition) is 2. The standard InChI is InChI=1S/C28H31N5O3/c1-27(2,3)36-26(34)31-19-13-28(14-19)15-20(16-28)33-25(30)23(17-29)24(32-33)18-9-11-22(12-10-18)35-21-7-5-4-6-8-21/h4-12,19-20H,13-16,30H2,1-3H3,(H,31,34). The maximum atomic E-state index is 12.0. The summed E-state index contributed by atoms with van der Waals surface area (Å²) in [5.74, 6) is 1.87. The number of nitriles is 1. The second-order valence-electron chi connectivity index (χ2n) is 10.9. The summed E-state index contributed by atoms with van der Waals surface area (Å²) < 4.78 is 13.0. The number of anilines is 1. The molecule has 8 nitrogen and oxygen atoms in total. The predicted molar refractivity (Wildman–Crippen MR) is 136 cm³/mol. The number of aromatic nitrogens is 2. The average molecular weight is 486 g/mol. The van der Waals surface area contributed by atoms with Gasteiger partial charge in [0.15, 0.2) is 0 Å². The van der Waals surface area contributed by atoms with Gasteiger partial charge in [-0.1, -0.05) is 18.2 Å². The van der Waals surface area contributed by atoms with Crippen molar-refractivity contribution >= 4 is 11.9 Å². The number of nitrogens with one attached hydrogen (secondary N) is 1. The van der Waals surface area contributed by atoms with Gasteiger partial charge in [0.1, 0.15) is 40.2 Å². The molecule has 1 aromatic heterocycles. The van der Waals surface area contributed by atoms with Crippen LogP contribution in [-0.2, 0) is 4.74 Å². The molecule has 1 spiro atoms. The molecule has 2 aliphatic rings. The fourth-order valence-electron chi connectivity index (χ4n) is 5.35. The minimum absolute atomic E-state index is 0.137. The zero-order valence-corrected chi connectivity index (χ0v) is 20.8. The summed E-state index contributed by atoms with van der Waals surface area (Å²) in [5.41, 5.74) is 7.87. The summed E-state index contributed by atoms with van der Waals surface area (Å²) in [6, 6.07) is 19.6. The van der Waals surface area contributed by atoms with Gasteiger partial charge in [0.2, 0.25) is 0 Å². The Morgan fingerprint density at radius 3 is 2.33 bits per heavy atom. The smallest absolute Gasteiger partial charge is 0.407 e. The van der Waals surface area contributed by atoms with E-state index in [2.05, 4.69) is 11.4 Å². The summed E-state index contributed by atoms with van der Waals surface area (Å²) in [6.45, 7) is 5.57. The van der Waals surface area contributed by atoms with Crippen molar-refractivity contribution in [3.8, 4) is 28.8 Å². The van der Waals surface area contributed by atoms with E-state index < -0.39 is 5.60 Å². The highest BCUT2D eigenvalue weighted by Gasteiger charge is 2.54. The highest BCUT2D eigenvalue weighted by molar-refractivity contribution is 5.73. The Hall–Kier alpha value is -3.99. The molecule has 186 valence electrons. The molecule has 2 fully saturated rings. The van der Waals surface area contributed by atoms with Crippen molar-refractivity contribution < 1.29 is 14.3 Å². The molecule has 8 heteroatoms. The summed E-state index contributed by atoms with van der Waals surface area (Å²) in [6.07, 6.45) is 3.34. The van der Waals surface area contributed by atoms with Gasteiger partial charge in [0.25, 0.3) is 0 Å². The Morgan fingerprint density at radius 2 is 1.72 bits per heavy atom. The Balaban J connectivity index is 1.22. The lowest BCUT2D eigenvalue weighted by Gasteiger charge is -2.57. The van der Waals surface area contributed by atoms with Gasteiger partial charge in [-0.2, -0.15) is 10.4 Å². The van der Waals surface area contributed by atoms with Gasteiger partial charge in [-0.15, -0.1) is 0 Å². The Bertz CT molecular complexity index is 1290. The fourth-order valence-corrected chi connectivity index (χ4v) is 5.35. The molecule has 0 radical (unpaired) electrons. The van der Waals surface area contributed by atoms with Crippen LogP contribution in [0, 0.1) is 16.7 Å². The van der Waals surface area contributed by atoms with Gasteiger partial charge in [-0.25, -0.2) is 9.48 Å². The molecule has 36 heavy (non-hydrogen) atoms. The van der Waals surface area contributed by atoms with Crippen molar-refractivity contribution in [3.63, 3.8) is 0 Å². The molecule has 0 atom stereocenters. The number of carbonyl (C=O) groups excluding carboxylic acids is 1. The first kappa shape index (κ1) is 23.7. The molecule has 2 aliphatic carbocycles. The predicted octanol–water partition coefficient (Wildman–Crippen LogP) is 5.80. The number of rotatable bonds is 5. The van der Waals surface area contributed by atoms with E-state index in [1.807, 2.05) is 80.1 Å². The largest absolute Gasteiger partial charge is 0.457 e. The summed E-state index contributed by atoms with van der Waals surface area (Å²) in [4.78, 5) is 12.0. The van der Waals surface area contributed by atoms with Crippen molar-refractivity contribution in [2.24, 2.45) is 5.41 Å². The van der Waals surface area contributed by atoms with Gasteiger partial charge < -0.3 is 20.5 Å². The second kappa shape index (κ2) is 8.90. The van der Waals surface area contributed by atoms with Crippen LogP contribution >= 0.6 is 0 Å². The maximum absolute atomic E-state index is 12.0. The van der Waals surface area contributed by atoms with Gasteiger partial charge >= 0.3 is 6.09 Å². The van der Waals surface area contributed by atoms with E-state index in [-0.39, 0.29) is 23.6 Å². The van der Waals surface area contributed by atoms with E-state index in [4.69, 9.17) is 20.3 Å². The lowest BCUT2D eigenvalue weighted by atomic mass is 9.52. The van der Waals surface area contributed by atoms with E-state index in [0.29, 0.717) is 22.8 Å². The third-order valence-corrected chi connectivity index (χ3v) is 6.93. The Kier molecular flexibility index (Phi) is 5.87. The monoisotopic (exact) mass is 485 g/mol. The Labute approximate surface area is 211 Å². The first-order valence-electron chi connectivity index (χ1n) is 12.3. The number of carbonyl (C=O) groups is 1. The van der Waals surface area contributed by atoms with Gasteiger partial charge in [0, 0.05) is 11.6 Å². The molecule has 1 amide bonds. The molecule has 2 saturated carbocycles. The number of para-hydroxylation sites is 1. The van der Waals surface area contributed by atoms with Crippen LogP contribution in [0.1, 0.15) is 58.1 Å². The first-order valence-corrected chi connectivity index (χ1v) is 12.3. The summed E-state index contributed by atoms with van der Waals surface area (Å²) in [5, 5.41) is 17.5. The van der Waals surface area contributed by atoms with Crippen molar-refractivity contribution in [2.75, 3.05) is 5.73 Å². The van der Waals surface area contributed by atoms with Gasteiger partial charge in [-0.3, -0.25) is 0 Å².